The highest BCUT2D eigenvalue weighted by Crippen LogP contribution is 2.27. The van der Waals surface area contributed by atoms with E-state index in [4.69, 9.17) is 4.74 Å². The van der Waals surface area contributed by atoms with E-state index >= 15 is 0 Å². The van der Waals surface area contributed by atoms with Crippen molar-refractivity contribution in [2.75, 3.05) is 6.61 Å². The Morgan fingerprint density at radius 1 is 1.04 bits per heavy atom. The number of aryl methyl sites for hydroxylation is 1. The van der Waals surface area contributed by atoms with Crippen LogP contribution in [0.15, 0.2) is 59.5 Å². The van der Waals surface area contributed by atoms with Gasteiger partial charge >= 0.3 is 5.97 Å². The minimum absolute atomic E-state index is 0.210. The lowest BCUT2D eigenvalue weighted by Crippen LogP contribution is -2.32. The molecule has 2 rings (SSSR count). The molecule has 2 aromatic rings. The Labute approximate surface area is 168 Å². The van der Waals surface area contributed by atoms with Crippen LogP contribution in [0.2, 0.25) is 0 Å². The van der Waals surface area contributed by atoms with Crippen LogP contribution in [0.4, 0.5) is 0 Å². The van der Waals surface area contributed by atoms with E-state index in [1.165, 1.54) is 0 Å². The van der Waals surface area contributed by atoms with Crippen molar-refractivity contribution in [1.29, 1.82) is 0 Å². The third-order valence-electron chi connectivity index (χ3n) is 4.61. The number of esters is 1. The van der Waals surface area contributed by atoms with Gasteiger partial charge in [-0.3, -0.25) is 4.79 Å². The zero-order valence-electron chi connectivity index (χ0n) is 16.7. The third-order valence-corrected chi connectivity index (χ3v) is 6.10. The Morgan fingerprint density at radius 3 is 2.25 bits per heavy atom. The average molecular weight is 404 g/mol. The van der Waals surface area contributed by atoms with E-state index in [1.54, 1.807) is 31.2 Å². The maximum absolute atomic E-state index is 12.9. The number of hydrogen-bond donors (Lipinski definition) is 1. The van der Waals surface area contributed by atoms with Gasteiger partial charge in [-0.25, -0.2) is 13.1 Å². The van der Waals surface area contributed by atoms with Crippen LogP contribution in [-0.2, 0) is 19.6 Å². The first-order valence-corrected chi connectivity index (χ1v) is 11.2. The van der Waals surface area contributed by atoms with Gasteiger partial charge in [0.05, 0.1) is 17.4 Å². The Balaban J connectivity index is 2.31. The third kappa shape index (κ3) is 6.17. The van der Waals surface area contributed by atoms with Gasteiger partial charge in [0.1, 0.15) is 0 Å². The van der Waals surface area contributed by atoms with E-state index in [2.05, 4.69) is 4.72 Å². The van der Waals surface area contributed by atoms with Gasteiger partial charge in [0.2, 0.25) is 10.0 Å². The number of carbonyl (C=O) groups excluding carboxylic acids is 1. The molecule has 1 N–H and O–H groups in total. The van der Waals surface area contributed by atoms with Crippen LogP contribution in [0.1, 0.15) is 50.3 Å². The number of nitrogens with one attached hydrogen (secondary N) is 1. The van der Waals surface area contributed by atoms with Crippen molar-refractivity contribution < 1.29 is 17.9 Å². The minimum atomic E-state index is -3.73. The number of sulfonamides is 1. The molecule has 0 unspecified atom stereocenters. The second kappa shape index (κ2) is 10.4. The Bertz CT molecular complexity index is 848. The topological polar surface area (TPSA) is 72.5 Å². The summed E-state index contributed by atoms with van der Waals surface area (Å²) in [6, 6.07) is 15.5. The van der Waals surface area contributed by atoms with Gasteiger partial charge in [-0.2, -0.15) is 0 Å². The molecule has 2 atom stereocenters. The molecule has 0 aromatic heterocycles. The lowest BCUT2D eigenvalue weighted by atomic mass is 9.92. The molecule has 2 aromatic carbocycles. The summed E-state index contributed by atoms with van der Waals surface area (Å²) < 4.78 is 33.9. The molecule has 0 spiro atoms. The molecule has 0 amide bonds. The van der Waals surface area contributed by atoms with E-state index in [1.807, 2.05) is 44.2 Å². The van der Waals surface area contributed by atoms with E-state index < -0.39 is 16.1 Å². The lowest BCUT2D eigenvalue weighted by Gasteiger charge is -2.24. The molecular weight excluding hydrogens is 374 g/mol. The van der Waals surface area contributed by atoms with Crippen molar-refractivity contribution in [2.45, 2.75) is 51.0 Å². The lowest BCUT2D eigenvalue weighted by molar-refractivity contribution is -0.148. The first kappa shape index (κ1) is 22.1. The number of carbonyl (C=O) groups is 1. The van der Waals surface area contributed by atoms with Crippen molar-refractivity contribution in [2.24, 2.45) is 5.92 Å². The summed E-state index contributed by atoms with van der Waals surface area (Å²) in [5, 5.41) is 0. The molecule has 0 aliphatic heterocycles. The smallest absolute Gasteiger partial charge is 0.308 e. The fourth-order valence-electron chi connectivity index (χ4n) is 3.14. The molecule has 0 aliphatic rings. The molecule has 0 saturated carbocycles. The highest BCUT2D eigenvalue weighted by atomic mass is 32.2. The summed E-state index contributed by atoms with van der Waals surface area (Å²) in [4.78, 5) is 12.6. The molecule has 28 heavy (non-hydrogen) atoms. The average Bonchev–Trinajstić information content (AvgIpc) is 2.68. The van der Waals surface area contributed by atoms with Gasteiger partial charge in [0, 0.05) is 6.04 Å². The number of hydrogen-bond acceptors (Lipinski definition) is 4. The molecule has 0 aliphatic carbocycles. The molecule has 0 radical (unpaired) electrons. The maximum Gasteiger partial charge on any atom is 0.308 e. The van der Waals surface area contributed by atoms with Crippen LogP contribution in [-0.4, -0.2) is 21.0 Å². The summed E-state index contributed by atoms with van der Waals surface area (Å²) in [5.41, 5.74) is 1.81. The molecule has 0 heterocycles. The second-order valence-corrected chi connectivity index (χ2v) is 8.58. The van der Waals surface area contributed by atoms with Crippen molar-refractivity contribution in [3.8, 4) is 0 Å². The van der Waals surface area contributed by atoms with Crippen LogP contribution < -0.4 is 4.72 Å². The van der Waals surface area contributed by atoms with Gasteiger partial charge in [-0.1, -0.05) is 61.4 Å². The van der Waals surface area contributed by atoms with Gasteiger partial charge in [0.25, 0.3) is 0 Å². The van der Waals surface area contributed by atoms with Crippen molar-refractivity contribution in [1.82, 2.24) is 4.72 Å². The number of rotatable bonds is 10. The molecule has 6 heteroatoms. The SMILES string of the molecule is CCC[C@@H](C[C@@H](NS(=O)(=O)c1ccc(C)cc1)c1ccccc1)C(=O)OCC. The quantitative estimate of drug-likeness (QED) is 0.598. The molecule has 152 valence electrons. The highest BCUT2D eigenvalue weighted by molar-refractivity contribution is 7.89. The summed E-state index contributed by atoms with van der Waals surface area (Å²) in [7, 11) is -3.73. The zero-order chi connectivity index (χ0) is 20.6. The van der Waals surface area contributed by atoms with Crippen molar-refractivity contribution in [3.63, 3.8) is 0 Å². The molecule has 0 bridgehead atoms. The second-order valence-electron chi connectivity index (χ2n) is 6.87. The van der Waals surface area contributed by atoms with E-state index in [-0.39, 0.29) is 16.8 Å². The van der Waals surface area contributed by atoms with Crippen molar-refractivity contribution >= 4 is 16.0 Å². The largest absolute Gasteiger partial charge is 0.466 e. The Kier molecular flexibility index (Phi) is 8.20. The summed E-state index contributed by atoms with van der Waals surface area (Å²) in [6.45, 7) is 5.99. The van der Waals surface area contributed by atoms with Crippen LogP contribution >= 0.6 is 0 Å². The van der Waals surface area contributed by atoms with Crippen LogP contribution in [0.3, 0.4) is 0 Å². The van der Waals surface area contributed by atoms with E-state index in [0.29, 0.717) is 19.4 Å². The normalized spacial score (nSPS) is 13.7. The first-order valence-electron chi connectivity index (χ1n) is 9.68. The van der Waals surface area contributed by atoms with Gasteiger partial charge in [0.15, 0.2) is 0 Å². The summed E-state index contributed by atoms with van der Waals surface area (Å²) in [5.74, 6) is -0.643. The van der Waals surface area contributed by atoms with Gasteiger partial charge in [-0.15, -0.1) is 0 Å². The van der Waals surface area contributed by atoms with Crippen LogP contribution in [0.5, 0.6) is 0 Å². The molecule has 5 nitrogen and oxygen atoms in total. The molecule has 0 saturated heterocycles. The number of benzene rings is 2. The zero-order valence-corrected chi connectivity index (χ0v) is 17.5. The Morgan fingerprint density at radius 2 is 1.68 bits per heavy atom. The minimum Gasteiger partial charge on any atom is -0.466 e. The standard InChI is InChI=1S/C22H29NO4S/c1-4-9-19(22(24)27-5-2)16-21(18-10-7-6-8-11-18)23-28(25,26)20-14-12-17(3)13-15-20/h6-8,10-15,19,21,23H,4-5,9,16H2,1-3H3/t19-,21+/m0/s1. The van der Waals surface area contributed by atoms with Gasteiger partial charge in [-0.05, 0) is 44.4 Å². The monoisotopic (exact) mass is 403 g/mol. The predicted octanol–water partition coefficient (Wildman–Crippen LogP) is 4.38. The maximum atomic E-state index is 12.9. The van der Waals surface area contributed by atoms with Crippen LogP contribution in [0, 0.1) is 12.8 Å². The Hall–Kier alpha value is -2.18. The number of ether oxygens (including phenoxy) is 1. The fourth-order valence-corrected chi connectivity index (χ4v) is 4.37. The molecular formula is C22H29NO4S. The summed E-state index contributed by atoms with van der Waals surface area (Å²) in [6.07, 6.45) is 1.81. The van der Waals surface area contributed by atoms with Gasteiger partial charge < -0.3 is 4.74 Å². The van der Waals surface area contributed by atoms with Crippen LogP contribution in [0.25, 0.3) is 0 Å². The first-order chi connectivity index (χ1) is 13.4. The molecule has 0 fully saturated rings. The predicted molar refractivity (Wildman–Crippen MR) is 110 cm³/mol. The highest BCUT2D eigenvalue weighted by Gasteiger charge is 2.28. The van der Waals surface area contributed by atoms with E-state index in [0.717, 1.165) is 17.5 Å². The van der Waals surface area contributed by atoms with E-state index in [9.17, 15) is 13.2 Å². The fraction of sp³-hybridized carbons (Fsp3) is 0.409. The summed E-state index contributed by atoms with van der Waals surface area (Å²) >= 11 is 0. The van der Waals surface area contributed by atoms with Crippen molar-refractivity contribution in [3.05, 3.63) is 65.7 Å².